The molecule has 12 nitrogen and oxygen atoms in total. The van der Waals surface area contributed by atoms with Gasteiger partial charge in [0.05, 0.1) is 106 Å². The number of carbonyl (C=O) groups is 2. The SMILES string of the molecule is COC(=O)CCOCCOCCOCCOCCOCCOCCOCCN(C)C(=O)OCC1c2ccccc2-c2ccccc21. The Balaban J connectivity index is 1.05. The molecule has 0 saturated heterocycles. The monoisotopic (exact) mass is 647 g/mol. The lowest BCUT2D eigenvalue weighted by Gasteiger charge is -2.19. The molecule has 12 heteroatoms. The number of amides is 1. The molecule has 3 rings (SSSR count). The molecule has 1 aliphatic rings. The lowest BCUT2D eigenvalue weighted by atomic mass is 9.98. The number of carbonyl (C=O) groups excluding carboxylic acids is 2. The van der Waals surface area contributed by atoms with Crippen molar-refractivity contribution in [2.45, 2.75) is 12.3 Å². The summed E-state index contributed by atoms with van der Waals surface area (Å²) in [5, 5.41) is 0. The lowest BCUT2D eigenvalue weighted by molar-refractivity contribution is -0.141. The summed E-state index contributed by atoms with van der Waals surface area (Å²) in [6.07, 6.45) is -0.127. The molecule has 0 heterocycles. The van der Waals surface area contributed by atoms with Gasteiger partial charge < -0.3 is 47.5 Å². The summed E-state index contributed by atoms with van der Waals surface area (Å²) >= 11 is 0. The maximum absolute atomic E-state index is 12.6. The van der Waals surface area contributed by atoms with Crippen molar-refractivity contribution >= 4 is 12.1 Å². The first-order chi connectivity index (χ1) is 22.6. The van der Waals surface area contributed by atoms with Gasteiger partial charge in [0.25, 0.3) is 0 Å². The average molecular weight is 648 g/mol. The molecule has 0 atom stereocenters. The molecule has 0 unspecified atom stereocenters. The number of hydrogen-bond donors (Lipinski definition) is 0. The van der Waals surface area contributed by atoms with Crippen LogP contribution in [0.5, 0.6) is 0 Å². The van der Waals surface area contributed by atoms with E-state index in [-0.39, 0.29) is 24.4 Å². The number of nitrogens with zero attached hydrogens (tertiary/aromatic N) is 1. The summed E-state index contributed by atoms with van der Waals surface area (Å²) < 4.78 is 48.3. The Morgan fingerprint density at radius 1 is 0.587 bits per heavy atom. The second-order valence-corrected chi connectivity index (χ2v) is 10.3. The summed E-state index contributed by atoms with van der Waals surface area (Å²) in [5.41, 5.74) is 4.79. The molecule has 0 bridgehead atoms. The van der Waals surface area contributed by atoms with E-state index < -0.39 is 0 Å². The van der Waals surface area contributed by atoms with Crippen LogP contribution in [0.2, 0.25) is 0 Å². The molecule has 1 aliphatic carbocycles. The number of esters is 1. The Morgan fingerprint density at radius 3 is 1.41 bits per heavy atom. The van der Waals surface area contributed by atoms with E-state index in [9.17, 15) is 9.59 Å². The van der Waals surface area contributed by atoms with E-state index in [0.717, 1.165) is 0 Å². The minimum atomic E-state index is -0.367. The van der Waals surface area contributed by atoms with Gasteiger partial charge in [-0.3, -0.25) is 4.79 Å². The molecule has 0 aromatic heterocycles. The Morgan fingerprint density at radius 2 is 0.978 bits per heavy atom. The van der Waals surface area contributed by atoms with Crippen LogP contribution in [0.15, 0.2) is 48.5 Å². The second kappa shape index (κ2) is 23.3. The molecule has 0 saturated carbocycles. The highest BCUT2D eigenvalue weighted by molar-refractivity contribution is 5.79. The van der Waals surface area contributed by atoms with Crippen LogP contribution in [-0.2, 0) is 47.4 Å². The minimum Gasteiger partial charge on any atom is -0.469 e. The van der Waals surface area contributed by atoms with Gasteiger partial charge in [0.15, 0.2) is 0 Å². The Labute approximate surface area is 272 Å². The van der Waals surface area contributed by atoms with Gasteiger partial charge in [0.2, 0.25) is 0 Å². The van der Waals surface area contributed by atoms with Gasteiger partial charge >= 0.3 is 12.1 Å². The highest BCUT2D eigenvalue weighted by Crippen LogP contribution is 2.44. The Hall–Kier alpha value is -3.10. The van der Waals surface area contributed by atoms with Crippen molar-refractivity contribution in [2.75, 3.05) is 120 Å². The fourth-order valence-corrected chi connectivity index (χ4v) is 4.68. The van der Waals surface area contributed by atoms with Crippen LogP contribution in [0, 0.1) is 0 Å². The number of ether oxygens (including phenoxy) is 9. The van der Waals surface area contributed by atoms with Crippen molar-refractivity contribution in [2.24, 2.45) is 0 Å². The maximum Gasteiger partial charge on any atom is 0.409 e. The largest absolute Gasteiger partial charge is 0.469 e. The van der Waals surface area contributed by atoms with E-state index >= 15 is 0 Å². The van der Waals surface area contributed by atoms with Crippen molar-refractivity contribution < 1.29 is 52.2 Å². The van der Waals surface area contributed by atoms with Gasteiger partial charge in [-0.05, 0) is 22.3 Å². The summed E-state index contributed by atoms with van der Waals surface area (Å²) in [6.45, 7) is 6.94. The van der Waals surface area contributed by atoms with E-state index in [0.29, 0.717) is 106 Å². The van der Waals surface area contributed by atoms with Crippen LogP contribution in [0.4, 0.5) is 4.79 Å². The summed E-state index contributed by atoms with van der Waals surface area (Å²) in [7, 11) is 3.06. The van der Waals surface area contributed by atoms with Gasteiger partial charge in [-0.25, -0.2) is 4.79 Å². The number of rotatable bonds is 26. The van der Waals surface area contributed by atoms with Crippen LogP contribution in [-0.4, -0.2) is 137 Å². The molecule has 0 spiro atoms. The van der Waals surface area contributed by atoms with Crippen LogP contribution in [0.25, 0.3) is 11.1 Å². The number of benzene rings is 2. The van der Waals surface area contributed by atoms with E-state index in [2.05, 4.69) is 29.0 Å². The van der Waals surface area contributed by atoms with Crippen molar-refractivity contribution in [1.29, 1.82) is 0 Å². The fourth-order valence-electron chi connectivity index (χ4n) is 4.68. The predicted molar refractivity (Wildman–Crippen MR) is 170 cm³/mol. The third-order valence-electron chi connectivity index (χ3n) is 7.13. The number of methoxy groups -OCH3 is 1. The molecule has 1 amide bonds. The molecule has 0 aliphatic heterocycles. The maximum atomic E-state index is 12.6. The smallest absolute Gasteiger partial charge is 0.409 e. The first kappa shape index (κ1) is 37.4. The van der Waals surface area contributed by atoms with Gasteiger partial charge in [-0.15, -0.1) is 0 Å². The van der Waals surface area contributed by atoms with Crippen LogP contribution in [0.1, 0.15) is 23.5 Å². The fraction of sp³-hybridized carbons (Fsp3) is 0.588. The van der Waals surface area contributed by atoms with E-state index in [1.165, 1.54) is 34.3 Å². The highest BCUT2D eigenvalue weighted by atomic mass is 16.6. The second-order valence-electron chi connectivity index (χ2n) is 10.3. The quantitative estimate of drug-likeness (QED) is 0.110. The topological polar surface area (TPSA) is 120 Å². The molecule has 2 aromatic rings. The highest BCUT2D eigenvalue weighted by Gasteiger charge is 2.29. The van der Waals surface area contributed by atoms with E-state index in [4.69, 9.17) is 37.9 Å². The molecule has 0 fully saturated rings. The molecule has 2 aromatic carbocycles. The average Bonchev–Trinajstić information content (AvgIpc) is 3.40. The van der Waals surface area contributed by atoms with Crippen molar-refractivity contribution in [1.82, 2.24) is 4.90 Å². The standard InChI is InChI=1S/C34H49NO11/c1-35(34(37)46-27-32-30-9-5-3-7-28(30)29-8-4-6-10-31(29)32)12-14-40-16-18-42-20-22-44-24-26-45-25-23-43-21-19-41-17-15-39-13-11-33(36)38-2/h3-10,32H,11-27H2,1-2H3. The van der Waals surface area contributed by atoms with Gasteiger partial charge in [0.1, 0.15) is 6.61 Å². The third-order valence-corrected chi connectivity index (χ3v) is 7.13. The zero-order valence-electron chi connectivity index (χ0n) is 27.2. The van der Waals surface area contributed by atoms with Crippen molar-refractivity contribution in [3.05, 3.63) is 59.7 Å². The van der Waals surface area contributed by atoms with E-state index in [1.54, 1.807) is 7.05 Å². The summed E-state index contributed by atoms with van der Waals surface area (Å²) in [5.74, 6) is -0.251. The van der Waals surface area contributed by atoms with E-state index in [1.807, 2.05) is 24.3 Å². The van der Waals surface area contributed by atoms with Crippen molar-refractivity contribution in [3.8, 4) is 11.1 Å². The van der Waals surface area contributed by atoms with Crippen LogP contribution >= 0.6 is 0 Å². The zero-order valence-corrected chi connectivity index (χ0v) is 27.2. The van der Waals surface area contributed by atoms with Crippen molar-refractivity contribution in [3.63, 3.8) is 0 Å². The number of likely N-dealkylation sites (N-methyl/N-ethyl adjacent to an activating group) is 1. The van der Waals surface area contributed by atoms with Crippen LogP contribution in [0.3, 0.4) is 0 Å². The Kier molecular flexibility index (Phi) is 18.9. The first-order valence-electron chi connectivity index (χ1n) is 15.8. The molecule has 46 heavy (non-hydrogen) atoms. The summed E-state index contributed by atoms with van der Waals surface area (Å²) in [4.78, 5) is 25.0. The van der Waals surface area contributed by atoms with Gasteiger partial charge in [-0.2, -0.15) is 0 Å². The predicted octanol–water partition coefficient (Wildman–Crippen LogP) is 3.55. The molecule has 0 N–H and O–H groups in total. The first-order valence-corrected chi connectivity index (χ1v) is 15.8. The molecular formula is C34H49NO11. The molecular weight excluding hydrogens is 598 g/mol. The van der Waals surface area contributed by atoms with Gasteiger partial charge in [0, 0.05) is 19.5 Å². The number of hydrogen-bond acceptors (Lipinski definition) is 11. The van der Waals surface area contributed by atoms with Crippen LogP contribution < -0.4 is 0 Å². The lowest BCUT2D eigenvalue weighted by Crippen LogP contribution is -2.32. The molecule has 0 radical (unpaired) electrons. The summed E-state index contributed by atoms with van der Waals surface area (Å²) in [6, 6.07) is 16.6. The normalized spacial score (nSPS) is 12.1. The molecule has 256 valence electrons. The Bertz CT molecular complexity index is 1090. The number of fused-ring (bicyclic) bond motifs is 3. The van der Waals surface area contributed by atoms with Gasteiger partial charge in [-0.1, -0.05) is 48.5 Å². The third kappa shape index (κ3) is 14.1. The minimum absolute atomic E-state index is 0.0385. The zero-order chi connectivity index (χ0) is 32.7.